The zero-order valence-corrected chi connectivity index (χ0v) is 23.0. The lowest BCUT2D eigenvalue weighted by Crippen LogP contribution is -2.47. The number of nitrogens with one attached hydrogen (secondary N) is 1. The van der Waals surface area contributed by atoms with E-state index in [0.29, 0.717) is 19.0 Å². The summed E-state index contributed by atoms with van der Waals surface area (Å²) in [5.74, 6) is 0.381. The number of halogens is 1. The number of rotatable bonds is 7. The lowest BCUT2D eigenvalue weighted by molar-refractivity contribution is -0.138. The van der Waals surface area contributed by atoms with Gasteiger partial charge in [-0.1, -0.05) is 78.9 Å². The molecule has 1 N–H and O–H groups in total. The highest BCUT2D eigenvalue weighted by atomic mass is 19.1. The molecule has 0 amide bonds. The summed E-state index contributed by atoms with van der Waals surface area (Å²) in [4.78, 5) is 9.60. The molecule has 0 bridgehead atoms. The fraction of sp³-hybridized carbons (Fsp3) is 0.324. The van der Waals surface area contributed by atoms with Crippen LogP contribution < -0.4 is 5.32 Å². The summed E-state index contributed by atoms with van der Waals surface area (Å²) in [6, 6.07) is 32.5. The molecule has 1 heterocycles. The molecule has 5 rings (SSSR count). The van der Waals surface area contributed by atoms with Crippen LogP contribution in [0.2, 0.25) is 0 Å². The predicted octanol–water partition coefficient (Wildman–Crippen LogP) is 7.07. The first-order valence-corrected chi connectivity index (χ1v) is 13.5. The highest BCUT2D eigenvalue weighted by Crippen LogP contribution is 2.35. The Labute approximate surface area is 231 Å². The Kier molecular flexibility index (Phi) is 9.85. The first kappa shape index (κ1) is 28.5. The second-order valence-electron chi connectivity index (χ2n) is 11.0. The zero-order chi connectivity index (χ0) is 27.7. The molecule has 0 spiro atoms. The second kappa shape index (κ2) is 13.5. The summed E-state index contributed by atoms with van der Waals surface area (Å²) < 4.78 is 24.7. The molecule has 0 radical (unpaired) electrons. The molecule has 0 aromatic heterocycles. The molecule has 1 saturated heterocycles. The van der Waals surface area contributed by atoms with E-state index in [2.05, 4.69) is 82.9 Å². The van der Waals surface area contributed by atoms with E-state index in [1.54, 1.807) is 12.1 Å². The third-order valence-electron chi connectivity index (χ3n) is 6.94. The minimum absolute atomic E-state index is 0.0226. The maximum atomic E-state index is 13.6. The molecule has 1 aliphatic heterocycles. The van der Waals surface area contributed by atoms with Crippen LogP contribution in [0.4, 0.5) is 4.39 Å². The van der Waals surface area contributed by atoms with E-state index in [0.717, 1.165) is 25.1 Å². The van der Waals surface area contributed by atoms with E-state index in [4.69, 9.17) is 4.74 Å². The van der Waals surface area contributed by atoms with Crippen LogP contribution in [0.3, 0.4) is 0 Å². The molecule has 0 saturated carbocycles. The highest BCUT2D eigenvalue weighted by molar-refractivity contribution is 5.82. The van der Waals surface area contributed by atoms with E-state index < -0.39 is 0 Å². The van der Waals surface area contributed by atoms with E-state index >= 15 is 0 Å². The van der Waals surface area contributed by atoms with Crippen LogP contribution in [0.1, 0.15) is 43.4 Å². The van der Waals surface area contributed by atoms with E-state index in [9.17, 15) is 9.18 Å². The van der Waals surface area contributed by atoms with Crippen molar-refractivity contribution >= 4 is 17.2 Å². The van der Waals surface area contributed by atoms with Gasteiger partial charge in [0.1, 0.15) is 11.4 Å². The number of ether oxygens (including phenoxy) is 2. The maximum Gasteiger partial charge on any atom is 0.293 e. The number of piperidine rings is 1. The predicted molar refractivity (Wildman–Crippen MR) is 155 cm³/mol. The van der Waals surface area contributed by atoms with Gasteiger partial charge in [0.05, 0.1) is 12.7 Å². The summed E-state index contributed by atoms with van der Waals surface area (Å²) in [5, 5.41) is 6.05. The second-order valence-corrected chi connectivity index (χ2v) is 11.0. The number of benzene rings is 4. The maximum absolute atomic E-state index is 13.6. The van der Waals surface area contributed by atoms with Crippen molar-refractivity contribution in [2.45, 2.75) is 51.4 Å². The summed E-state index contributed by atoms with van der Waals surface area (Å²) in [6.07, 6.45) is 0.987. The van der Waals surface area contributed by atoms with Crippen LogP contribution in [-0.4, -0.2) is 31.3 Å². The average molecular weight is 528 g/mol. The summed E-state index contributed by atoms with van der Waals surface area (Å²) in [5.41, 5.74) is 3.33. The van der Waals surface area contributed by atoms with Crippen molar-refractivity contribution in [3.05, 3.63) is 120 Å². The van der Waals surface area contributed by atoms with Crippen molar-refractivity contribution in [3.8, 4) is 0 Å². The van der Waals surface area contributed by atoms with Gasteiger partial charge >= 0.3 is 0 Å². The summed E-state index contributed by atoms with van der Waals surface area (Å²) in [6.45, 7) is 8.20. The first-order valence-electron chi connectivity index (χ1n) is 13.5. The number of carbonyl (C=O) groups excluding carboxylic acids is 1. The smallest absolute Gasteiger partial charge is 0.293 e. The Morgan fingerprint density at radius 3 is 2.21 bits per heavy atom. The average Bonchev–Trinajstić information content (AvgIpc) is 2.93. The summed E-state index contributed by atoms with van der Waals surface area (Å²) >= 11 is 0. The van der Waals surface area contributed by atoms with Gasteiger partial charge in [0.15, 0.2) is 0 Å². The van der Waals surface area contributed by atoms with Gasteiger partial charge in [-0.15, -0.1) is 0 Å². The summed E-state index contributed by atoms with van der Waals surface area (Å²) in [7, 11) is 0. The van der Waals surface area contributed by atoms with Gasteiger partial charge in [0.2, 0.25) is 0 Å². The molecule has 39 heavy (non-hydrogen) atoms. The Morgan fingerprint density at radius 2 is 1.54 bits per heavy atom. The Hall–Kier alpha value is -3.54. The van der Waals surface area contributed by atoms with Crippen LogP contribution in [0.15, 0.2) is 97.1 Å². The standard InChI is InChI=1S/C29H28FNO.C5H10O2/c30-27-14-12-24(13-15-27)29-26(16-21-6-2-1-3-7-21)18-31-19-28(29)32-20-22-10-11-23-8-4-5-9-25(23)17-22;1-5(2,3)7-4-6/h1-15,17,26,28-29,31H,16,18-20H2;4H,1-3H3. The largest absolute Gasteiger partial charge is 0.462 e. The third-order valence-corrected chi connectivity index (χ3v) is 6.94. The molecule has 1 aliphatic rings. The van der Waals surface area contributed by atoms with Gasteiger partial charge in [-0.3, -0.25) is 4.79 Å². The number of hydrogen-bond acceptors (Lipinski definition) is 4. The van der Waals surface area contributed by atoms with E-state index in [1.807, 2.05) is 32.9 Å². The molecule has 4 aromatic rings. The minimum Gasteiger partial charge on any atom is -0.462 e. The van der Waals surface area contributed by atoms with Crippen LogP contribution >= 0.6 is 0 Å². The van der Waals surface area contributed by atoms with Crippen LogP contribution in [0, 0.1) is 11.7 Å². The zero-order valence-electron chi connectivity index (χ0n) is 23.0. The van der Waals surface area contributed by atoms with Crippen molar-refractivity contribution < 1.29 is 18.7 Å². The molecule has 204 valence electrons. The quantitative estimate of drug-likeness (QED) is 0.261. The van der Waals surface area contributed by atoms with Crippen LogP contribution in [0.25, 0.3) is 10.8 Å². The first-order chi connectivity index (χ1) is 18.8. The third kappa shape index (κ3) is 8.47. The molecule has 1 fully saturated rings. The number of fused-ring (bicyclic) bond motifs is 1. The minimum atomic E-state index is -0.318. The Morgan fingerprint density at radius 1 is 0.846 bits per heavy atom. The fourth-order valence-corrected chi connectivity index (χ4v) is 5.10. The molecular weight excluding hydrogens is 489 g/mol. The molecule has 3 atom stereocenters. The van der Waals surface area contributed by atoms with Gasteiger partial charge in [-0.05, 0) is 85.3 Å². The number of carbonyl (C=O) groups is 1. The lowest BCUT2D eigenvalue weighted by atomic mass is 9.76. The van der Waals surface area contributed by atoms with Crippen molar-refractivity contribution in [2.75, 3.05) is 13.1 Å². The van der Waals surface area contributed by atoms with E-state index in [1.165, 1.54) is 21.9 Å². The van der Waals surface area contributed by atoms with Gasteiger partial charge in [-0.2, -0.15) is 0 Å². The van der Waals surface area contributed by atoms with Gasteiger partial charge < -0.3 is 14.8 Å². The Balaban J connectivity index is 0.000000448. The van der Waals surface area contributed by atoms with Gasteiger partial charge in [-0.25, -0.2) is 4.39 Å². The highest BCUT2D eigenvalue weighted by Gasteiger charge is 2.35. The molecule has 5 heteroatoms. The topological polar surface area (TPSA) is 47.6 Å². The van der Waals surface area contributed by atoms with Crippen molar-refractivity contribution in [3.63, 3.8) is 0 Å². The number of hydrogen-bond donors (Lipinski definition) is 1. The van der Waals surface area contributed by atoms with Crippen molar-refractivity contribution in [1.82, 2.24) is 5.32 Å². The molecule has 3 unspecified atom stereocenters. The lowest BCUT2D eigenvalue weighted by Gasteiger charge is -2.39. The van der Waals surface area contributed by atoms with Gasteiger partial charge in [0, 0.05) is 12.5 Å². The SMILES string of the molecule is CC(C)(C)OC=O.Fc1ccc(C2C(Cc3ccccc3)CNCC2OCc2ccc3ccccc3c2)cc1. The molecule has 4 nitrogen and oxygen atoms in total. The molecule has 0 aliphatic carbocycles. The monoisotopic (exact) mass is 527 g/mol. The van der Waals surface area contributed by atoms with Gasteiger partial charge in [0.25, 0.3) is 6.47 Å². The van der Waals surface area contributed by atoms with E-state index in [-0.39, 0.29) is 23.4 Å². The molecule has 4 aromatic carbocycles. The van der Waals surface area contributed by atoms with Crippen LogP contribution in [0.5, 0.6) is 0 Å². The van der Waals surface area contributed by atoms with Crippen molar-refractivity contribution in [2.24, 2.45) is 5.92 Å². The Bertz CT molecular complexity index is 1320. The van der Waals surface area contributed by atoms with Crippen molar-refractivity contribution in [1.29, 1.82) is 0 Å². The molecular formula is C34H38FNO3. The fourth-order valence-electron chi connectivity index (χ4n) is 5.10. The normalized spacial score (nSPS) is 19.1. The van der Waals surface area contributed by atoms with Crippen LogP contribution in [-0.2, 0) is 27.3 Å².